The van der Waals surface area contributed by atoms with Gasteiger partial charge in [-0.2, -0.15) is 0 Å². The van der Waals surface area contributed by atoms with Crippen LogP contribution in [0.3, 0.4) is 0 Å². The SMILES string of the molecule is Cc1ccc(C(=O)N2CCN(Cc3ccccc3)CC2)cc1. The zero-order chi connectivity index (χ0) is 15.4. The highest BCUT2D eigenvalue weighted by Gasteiger charge is 2.21. The second-order valence-electron chi connectivity index (χ2n) is 5.92. The summed E-state index contributed by atoms with van der Waals surface area (Å²) < 4.78 is 0. The number of aryl methyl sites for hydroxylation is 1. The van der Waals surface area contributed by atoms with Gasteiger partial charge < -0.3 is 4.90 Å². The average molecular weight is 294 g/mol. The van der Waals surface area contributed by atoms with Crippen molar-refractivity contribution in [1.82, 2.24) is 9.80 Å². The maximum Gasteiger partial charge on any atom is 0.253 e. The lowest BCUT2D eigenvalue weighted by molar-refractivity contribution is 0.0628. The van der Waals surface area contributed by atoms with E-state index in [0.29, 0.717) is 0 Å². The number of hydrogen-bond acceptors (Lipinski definition) is 2. The van der Waals surface area contributed by atoms with E-state index < -0.39 is 0 Å². The molecule has 3 heteroatoms. The highest BCUT2D eigenvalue weighted by atomic mass is 16.2. The molecule has 1 fully saturated rings. The summed E-state index contributed by atoms with van der Waals surface area (Å²) >= 11 is 0. The maximum absolute atomic E-state index is 12.5. The molecule has 0 spiro atoms. The van der Waals surface area contributed by atoms with Gasteiger partial charge in [-0.15, -0.1) is 0 Å². The van der Waals surface area contributed by atoms with Crippen LogP contribution in [0.15, 0.2) is 54.6 Å². The second-order valence-corrected chi connectivity index (χ2v) is 5.92. The molecule has 1 aliphatic rings. The number of hydrogen-bond donors (Lipinski definition) is 0. The average Bonchev–Trinajstić information content (AvgIpc) is 2.57. The van der Waals surface area contributed by atoms with E-state index in [-0.39, 0.29) is 5.91 Å². The van der Waals surface area contributed by atoms with Crippen LogP contribution in [0.4, 0.5) is 0 Å². The van der Waals surface area contributed by atoms with Crippen LogP contribution < -0.4 is 0 Å². The van der Waals surface area contributed by atoms with Gasteiger partial charge in [-0.1, -0.05) is 48.0 Å². The molecule has 0 aromatic heterocycles. The molecule has 0 unspecified atom stereocenters. The molecule has 0 radical (unpaired) electrons. The maximum atomic E-state index is 12.5. The minimum atomic E-state index is 0.152. The number of amides is 1. The molecule has 0 N–H and O–H groups in total. The molecule has 22 heavy (non-hydrogen) atoms. The molecule has 0 saturated carbocycles. The number of benzene rings is 2. The Morgan fingerprint density at radius 3 is 2.18 bits per heavy atom. The Hall–Kier alpha value is -2.13. The first kappa shape index (κ1) is 14.8. The minimum Gasteiger partial charge on any atom is -0.336 e. The minimum absolute atomic E-state index is 0.152. The van der Waals surface area contributed by atoms with E-state index in [4.69, 9.17) is 0 Å². The monoisotopic (exact) mass is 294 g/mol. The summed E-state index contributed by atoms with van der Waals surface area (Å²) in [6.07, 6.45) is 0. The highest BCUT2D eigenvalue weighted by Crippen LogP contribution is 2.12. The molecule has 1 aliphatic heterocycles. The third kappa shape index (κ3) is 3.55. The molecule has 0 atom stereocenters. The molecule has 3 rings (SSSR count). The Morgan fingerprint density at radius 1 is 0.909 bits per heavy atom. The van der Waals surface area contributed by atoms with Gasteiger partial charge in [0.25, 0.3) is 5.91 Å². The molecule has 2 aromatic rings. The highest BCUT2D eigenvalue weighted by molar-refractivity contribution is 5.94. The molecule has 1 amide bonds. The number of piperazine rings is 1. The lowest BCUT2D eigenvalue weighted by atomic mass is 10.1. The number of carbonyl (C=O) groups is 1. The van der Waals surface area contributed by atoms with E-state index in [1.54, 1.807) is 0 Å². The van der Waals surface area contributed by atoms with Crippen molar-refractivity contribution in [1.29, 1.82) is 0 Å². The fourth-order valence-corrected chi connectivity index (χ4v) is 2.83. The zero-order valence-corrected chi connectivity index (χ0v) is 13.0. The van der Waals surface area contributed by atoms with Crippen LogP contribution in [0.1, 0.15) is 21.5 Å². The Morgan fingerprint density at radius 2 is 1.55 bits per heavy atom. The summed E-state index contributed by atoms with van der Waals surface area (Å²) in [5, 5.41) is 0. The van der Waals surface area contributed by atoms with Crippen molar-refractivity contribution >= 4 is 5.91 Å². The van der Waals surface area contributed by atoms with E-state index in [0.717, 1.165) is 38.3 Å². The van der Waals surface area contributed by atoms with Gasteiger partial charge in [0, 0.05) is 38.3 Å². The largest absolute Gasteiger partial charge is 0.336 e. The fourth-order valence-electron chi connectivity index (χ4n) is 2.83. The molecule has 1 saturated heterocycles. The van der Waals surface area contributed by atoms with Crippen molar-refractivity contribution < 1.29 is 4.79 Å². The van der Waals surface area contributed by atoms with Gasteiger partial charge in [-0.3, -0.25) is 9.69 Å². The van der Waals surface area contributed by atoms with Crippen LogP contribution in [-0.4, -0.2) is 41.9 Å². The molecule has 0 bridgehead atoms. The first-order valence-electron chi connectivity index (χ1n) is 7.84. The van der Waals surface area contributed by atoms with Crippen LogP contribution in [0, 0.1) is 6.92 Å². The normalized spacial score (nSPS) is 15.8. The molecule has 0 aliphatic carbocycles. The summed E-state index contributed by atoms with van der Waals surface area (Å²) in [6.45, 7) is 6.49. The Balaban J connectivity index is 1.55. The Kier molecular flexibility index (Phi) is 4.54. The van der Waals surface area contributed by atoms with Crippen LogP contribution in [-0.2, 0) is 6.54 Å². The van der Waals surface area contributed by atoms with Crippen molar-refractivity contribution in [2.75, 3.05) is 26.2 Å². The first-order chi connectivity index (χ1) is 10.7. The summed E-state index contributed by atoms with van der Waals surface area (Å²) in [7, 11) is 0. The summed E-state index contributed by atoms with van der Waals surface area (Å²) in [5.74, 6) is 0.152. The Bertz CT molecular complexity index is 614. The van der Waals surface area contributed by atoms with E-state index in [9.17, 15) is 4.79 Å². The van der Waals surface area contributed by atoms with Gasteiger partial charge in [0.2, 0.25) is 0 Å². The lowest BCUT2D eigenvalue weighted by Gasteiger charge is -2.34. The van der Waals surface area contributed by atoms with Crippen molar-refractivity contribution in [3.8, 4) is 0 Å². The van der Waals surface area contributed by atoms with Gasteiger partial charge in [0.15, 0.2) is 0 Å². The van der Waals surface area contributed by atoms with Crippen LogP contribution in [0.5, 0.6) is 0 Å². The zero-order valence-electron chi connectivity index (χ0n) is 13.0. The van der Waals surface area contributed by atoms with Crippen LogP contribution >= 0.6 is 0 Å². The third-order valence-electron chi connectivity index (χ3n) is 4.21. The van der Waals surface area contributed by atoms with Crippen molar-refractivity contribution in [2.45, 2.75) is 13.5 Å². The second kappa shape index (κ2) is 6.75. The number of carbonyl (C=O) groups excluding carboxylic acids is 1. The van der Waals surface area contributed by atoms with Gasteiger partial charge in [0.1, 0.15) is 0 Å². The molecule has 114 valence electrons. The standard InChI is InChI=1S/C19H22N2O/c1-16-7-9-18(10-8-16)19(22)21-13-11-20(12-14-21)15-17-5-3-2-4-6-17/h2-10H,11-15H2,1H3. The molecular formula is C19H22N2O. The van der Waals surface area contributed by atoms with Gasteiger partial charge in [0.05, 0.1) is 0 Å². The predicted molar refractivity (Wildman–Crippen MR) is 88.8 cm³/mol. The van der Waals surface area contributed by atoms with Crippen LogP contribution in [0.2, 0.25) is 0 Å². The van der Waals surface area contributed by atoms with Crippen molar-refractivity contribution in [3.05, 3.63) is 71.3 Å². The lowest BCUT2D eigenvalue weighted by Crippen LogP contribution is -2.48. The quantitative estimate of drug-likeness (QED) is 0.869. The van der Waals surface area contributed by atoms with Gasteiger partial charge in [-0.05, 0) is 24.6 Å². The van der Waals surface area contributed by atoms with E-state index in [1.807, 2.05) is 42.2 Å². The summed E-state index contributed by atoms with van der Waals surface area (Å²) in [6, 6.07) is 18.4. The molecule has 3 nitrogen and oxygen atoms in total. The Labute approximate surface area is 132 Å². The molecule has 1 heterocycles. The third-order valence-corrected chi connectivity index (χ3v) is 4.21. The molecule has 2 aromatic carbocycles. The summed E-state index contributed by atoms with van der Waals surface area (Å²) in [5.41, 5.74) is 3.31. The number of rotatable bonds is 3. The van der Waals surface area contributed by atoms with E-state index in [1.165, 1.54) is 11.1 Å². The fraction of sp³-hybridized carbons (Fsp3) is 0.316. The van der Waals surface area contributed by atoms with Gasteiger partial charge >= 0.3 is 0 Å². The molecular weight excluding hydrogens is 272 g/mol. The van der Waals surface area contributed by atoms with Gasteiger partial charge in [-0.25, -0.2) is 0 Å². The van der Waals surface area contributed by atoms with Crippen molar-refractivity contribution in [3.63, 3.8) is 0 Å². The van der Waals surface area contributed by atoms with E-state index in [2.05, 4.69) is 29.2 Å². The predicted octanol–water partition coefficient (Wildman–Crippen LogP) is 2.95. The smallest absolute Gasteiger partial charge is 0.253 e. The van der Waals surface area contributed by atoms with E-state index >= 15 is 0 Å². The topological polar surface area (TPSA) is 23.6 Å². The van der Waals surface area contributed by atoms with Crippen LogP contribution in [0.25, 0.3) is 0 Å². The number of nitrogens with zero attached hydrogens (tertiary/aromatic N) is 2. The summed E-state index contributed by atoms with van der Waals surface area (Å²) in [4.78, 5) is 16.9. The van der Waals surface area contributed by atoms with Crippen molar-refractivity contribution in [2.24, 2.45) is 0 Å². The first-order valence-corrected chi connectivity index (χ1v) is 7.84.